The van der Waals surface area contributed by atoms with Crippen LogP contribution in [0.15, 0.2) is 30.3 Å². The van der Waals surface area contributed by atoms with Gasteiger partial charge in [-0.15, -0.1) is 0 Å². The van der Waals surface area contributed by atoms with Gasteiger partial charge in [0.05, 0.1) is 0 Å². The van der Waals surface area contributed by atoms with E-state index in [0.29, 0.717) is 6.42 Å². The second-order valence-electron chi connectivity index (χ2n) is 2.63. The average molecular weight is 278 g/mol. The predicted molar refractivity (Wildman–Crippen MR) is 69.6 cm³/mol. The summed E-state index contributed by atoms with van der Waals surface area (Å²) in [6, 6.07) is 8.54. The van der Waals surface area contributed by atoms with Crippen LogP contribution in [0.25, 0.3) is 0 Å². The van der Waals surface area contributed by atoms with Crippen molar-refractivity contribution in [3.63, 3.8) is 0 Å². The van der Waals surface area contributed by atoms with Crippen LogP contribution in [0.3, 0.4) is 0 Å². The van der Waals surface area contributed by atoms with Crippen molar-refractivity contribution in [2.45, 2.75) is 12.5 Å². The molecule has 0 aliphatic rings. The fraction of sp³-hybridized carbons (Fsp3) is 0.222. The van der Waals surface area contributed by atoms with Crippen molar-refractivity contribution in [1.82, 2.24) is 0 Å². The van der Waals surface area contributed by atoms with Gasteiger partial charge in [-0.1, -0.05) is 30.3 Å². The minimum atomic E-state index is -0.959. The number of nitrogens with two attached hydrogens (primary N) is 1. The fourth-order valence-corrected chi connectivity index (χ4v) is 0.955. The van der Waals surface area contributed by atoms with E-state index < -0.39 is 12.0 Å². The molecule has 0 fully saturated rings. The quantitative estimate of drug-likeness (QED) is 0.530. The third-order valence-electron chi connectivity index (χ3n) is 1.62. The first kappa shape index (κ1) is 36.0. The van der Waals surface area contributed by atoms with Gasteiger partial charge in [-0.2, -0.15) is 0 Å². The van der Waals surface area contributed by atoms with Gasteiger partial charge in [-0.3, -0.25) is 4.79 Å². The van der Waals surface area contributed by atoms with Crippen LogP contribution in [0.2, 0.25) is 0 Å². The number of carboxylic acid groups (broad SMARTS) is 1. The third-order valence-corrected chi connectivity index (χ3v) is 1.62. The van der Waals surface area contributed by atoms with Gasteiger partial charge in [0.15, 0.2) is 0 Å². The summed E-state index contributed by atoms with van der Waals surface area (Å²) in [6.07, 6.45) is 0.385. The van der Waals surface area contributed by atoms with Crippen LogP contribution in [0.4, 0.5) is 0 Å². The Labute approximate surface area is 127 Å². The summed E-state index contributed by atoms with van der Waals surface area (Å²) < 4.78 is 0. The van der Waals surface area contributed by atoms with Crippen molar-refractivity contribution in [2.24, 2.45) is 5.73 Å². The second-order valence-corrected chi connectivity index (χ2v) is 2.63. The molecule has 1 aromatic carbocycles. The molecule has 0 aromatic heterocycles. The molecule has 0 spiro atoms. The van der Waals surface area contributed by atoms with E-state index in [4.69, 9.17) is 10.8 Å². The first-order valence-electron chi connectivity index (χ1n) is 3.72. The van der Waals surface area contributed by atoms with Gasteiger partial charge in [0.2, 0.25) is 0 Å². The van der Waals surface area contributed by atoms with E-state index in [1.807, 2.05) is 30.3 Å². The van der Waals surface area contributed by atoms with E-state index in [2.05, 4.69) is 0 Å². The molecule has 1 aromatic rings. The van der Waals surface area contributed by atoms with Crippen molar-refractivity contribution in [3.05, 3.63) is 35.9 Å². The van der Waals surface area contributed by atoms with Crippen LogP contribution in [0.1, 0.15) is 5.56 Å². The normalized spacial score (nSPS) is 8.28. The Balaban J connectivity index is -0.0000000600. The Hall–Kier alpha value is -0.550. The summed E-state index contributed by atoms with van der Waals surface area (Å²) in [4.78, 5) is 10.4. The van der Waals surface area contributed by atoms with Crippen LogP contribution in [0.5, 0.6) is 0 Å². The average Bonchev–Trinajstić information content (AvgIpc) is 2.06. The molecule has 105 valence electrons. The zero-order valence-electron chi connectivity index (χ0n) is 10.1. The summed E-state index contributed by atoms with van der Waals surface area (Å²) in [5, 5.41) is 8.52. The molecule has 0 saturated carbocycles. The Morgan fingerprint density at radius 3 is 1.78 bits per heavy atom. The smallest absolute Gasteiger partial charge is 0.320 e. The minimum absolute atomic E-state index is 0. The van der Waals surface area contributed by atoms with Gasteiger partial charge in [-0.05, 0) is 12.0 Å². The van der Waals surface area contributed by atoms with Crippen LogP contribution < -0.4 is 5.73 Å². The molecule has 1 rings (SSSR count). The number of rotatable bonds is 3. The van der Waals surface area contributed by atoms with E-state index in [1.54, 1.807) is 0 Å². The molecule has 18 heavy (non-hydrogen) atoms. The molecule has 0 unspecified atom stereocenters. The van der Waals surface area contributed by atoms with Gasteiger partial charge in [0.25, 0.3) is 0 Å². The van der Waals surface area contributed by atoms with E-state index >= 15 is 0 Å². The Bertz CT molecular complexity index is 273. The molecule has 8 nitrogen and oxygen atoms in total. The van der Waals surface area contributed by atoms with E-state index in [1.165, 1.54) is 0 Å². The fourth-order valence-electron chi connectivity index (χ4n) is 0.955. The van der Waals surface area contributed by atoms with E-state index in [9.17, 15) is 4.79 Å². The van der Waals surface area contributed by atoms with Crippen LogP contribution in [-0.4, -0.2) is 74.1 Å². The number of hydrogen-bond acceptors (Lipinski definition) is 2. The largest absolute Gasteiger partial charge is 0.480 e. The first-order chi connectivity index (χ1) is 5.70. The van der Waals surface area contributed by atoms with Gasteiger partial charge in [0.1, 0.15) is 6.04 Å². The van der Waals surface area contributed by atoms with Crippen LogP contribution in [0, 0.1) is 0 Å². The SMILES string of the molecule is N[C@@H](Cc1ccccc1)C(=O)O.O.O.O.O.O.[Na]. The summed E-state index contributed by atoms with van der Waals surface area (Å²) >= 11 is 0. The molecule has 9 heteroatoms. The van der Waals surface area contributed by atoms with Gasteiger partial charge < -0.3 is 38.2 Å². The van der Waals surface area contributed by atoms with Crippen LogP contribution >= 0.6 is 0 Å². The number of carboxylic acids is 1. The van der Waals surface area contributed by atoms with Gasteiger partial charge in [0, 0.05) is 29.6 Å². The molecule has 0 saturated heterocycles. The summed E-state index contributed by atoms with van der Waals surface area (Å²) in [5.41, 5.74) is 6.30. The van der Waals surface area contributed by atoms with Crippen molar-refractivity contribution >= 4 is 35.5 Å². The molecule has 1 atom stereocenters. The van der Waals surface area contributed by atoms with Crippen molar-refractivity contribution in [2.75, 3.05) is 0 Å². The number of hydrogen-bond donors (Lipinski definition) is 2. The molecule has 0 amide bonds. The molecule has 1 radical (unpaired) electrons. The van der Waals surface area contributed by atoms with Crippen molar-refractivity contribution in [1.29, 1.82) is 0 Å². The van der Waals surface area contributed by atoms with Crippen molar-refractivity contribution in [3.8, 4) is 0 Å². The molecule has 0 bridgehead atoms. The molecule has 0 aliphatic heterocycles. The standard InChI is InChI=1S/C9H11NO2.Na.5H2O/c10-8(9(11)12)6-7-4-2-1-3-5-7;;;;;;/h1-5,8H,6,10H2,(H,11,12);;5*1H2/t8-;;;;;;/m0....../s1. The summed E-state index contributed by atoms with van der Waals surface area (Å²) in [5.74, 6) is -0.959. The maximum Gasteiger partial charge on any atom is 0.320 e. The molecular weight excluding hydrogens is 257 g/mol. The summed E-state index contributed by atoms with van der Waals surface area (Å²) in [7, 11) is 0. The zero-order chi connectivity index (χ0) is 8.97. The monoisotopic (exact) mass is 278 g/mol. The maximum absolute atomic E-state index is 10.4. The molecule has 0 aliphatic carbocycles. The predicted octanol–water partition coefficient (Wildman–Crippen LogP) is -3.86. The summed E-state index contributed by atoms with van der Waals surface area (Å²) in [6.45, 7) is 0. The Kier molecular flexibility index (Phi) is 37.6. The van der Waals surface area contributed by atoms with E-state index in [0.717, 1.165) is 5.56 Å². The minimum Gasteiger partial charge on any atom is -0.480 e. The zero-order valence-corrected chi connectivity index (χ0v) is 12.1. The van der Waals surface area contributed by atoms with Crippen molar-refractivity contribution < 1.29 is 37.3 Å². The number of carbonyl (C=O) groups is 1. The second kappa shape index (κ2) is 18.8. The molecule has 13 N–H and O–H groups in total. The Morgan fingerprint density at radius 2 is 1.44 bits per heavy atom. The van der Waals surface area contributed by atoms with Crippen LogP contribution in [-0.2, 0) is 11.2 Å². The Morgan fingerprint density at radius 1 is 1.06 bits per heavy atom. The number of benzene rings is 1. The van der Waals surface area contributed by atoms with E-state index in [-0.39, 0.29) is 56.9 Å². The van der Waals surface area contributed by atoms with Gasteiger partial charge in [-0.25, -0.2) is 0 Å². The van der Waals surface area contributed by atoms with Gasteiger partial charge >= 0.3 is 5.97 Å². The first-order valence-corrected chi connectivity index (χ1v) is 3.72. The molecular formula is C9H21NNaO7. The third kappa shape index (κ3) is 13.5. The topological polar surface area (TPSA) is 221 Å². The molecule has 0 heterocycles. The maximum atomic E-state index is 10.4. The number of aliphatic carboxylic acids is 1.